The van der Waals surface area contributed by atoms with Crippen LogP contribution < -0.4 is 0 Å². The highest BCUT2D eigenvalue weighted by atomic mass is 32.2. The zero-order valence-electron chi connectivity index (χ0n) is 11.3. The molecular formula is C18H21S+. The van der Waals surface area contributed by atoms with Crippen molar-refractivity contribution in [1.82, 2.24) is 0 Å². The second-order valence-electron chi connectivity index (χ2n) is 5.15. The molecule has 3 rings (SSSR count). The van der Waals surface area contributed by atoms with Gasteiger partial charge in [-0.3, -0.25) is 0 Å². The molecule has 0 radical (unpaired) electrons. The molecule has 0 heterocycles. The molecule has 0 aliphatic heterocycles. The van der Waals surface area contributed by atoms with E-state index in [1.807, 2.05) is 0 Å². The standard InChI is InChI=1S/C18H21S/c1-4-10-16(11-5-1)19(17-12-6-2-7-13-17)18-14-8-3-9-15-18/h1-2,4-7,10-12,14,17H,3,8-9,13,15H2/q+1. The molecule has 2 aliphatic carbocycles. The molecule has 0 N–H and O–H groups in total. The van der Waals surface area contributed by atoms with Gasteiger partial charge >= 0.3 is 0 Å². The molecule has 0 amide bonds. The molecule has 98 valence electrons. The Labute approximate surface area is 119 Å². The zero-order valence-corrected chi connectivity index (χ0v) is 12.1. The molecule has 0 bridgehead atoms. The predicted octanol–water partition coefficient (Wildman–Crippen LogP) is 5.01. The third kappa shape index (κ3) is 3.03. The second kappa shape index (κ2) is 6.29. The number of benzene rings is 1. The lowest BCUT2D eigenvalue weighted by Crippen LogP contribution is -2.23. The van der Waals surface area contributed by atoms with Gasteiger partial charge in [0.1, 0.15) is 4.91 Å². The fourth-order valence-electron chi connectivity index (χ4n) is 2.83. The maximum atomic E-state index is 2.52. The Balaban J connectivity index is 1.93. The Hall–Kier alpha value is -1.21. The first-order valence-electron chi connectivity index (χ1n) is 7.25. The molecule has 2 unspecified atom stereocenters. The van der Waals surface area contributed by atoms with E-state index >= 15 is 0 Å². The largest absolute Gasteiger partial charge is 0.160 e. The number of hydrogen-bond acceptors (Lipinski definition) is 0. The average molecular weight is 269 g/mol. The Morgan fingerprint density at radius 3 is 2.58 bits per heavy atom. The normalized spacial score (nSPS) is 24.0. The Morgan fingerprint density at radius 1 is 1.00 bits per heavy atom. The fraction of sp³-hybridized carbons (Fsp3) is 0.333. The predicted molar refractivity (Wildman–Crippen MR) is 85.3 cm³/mol. The third-order valence-corrected chi connectivity index (χ3v) is 6.44. The van der Waals surface area contributed by atoms with E-state index in [-0.39, 0.29) is 10.9 Å². The Kier molecular flexibility index (Phi) is 4.24. The first-order chi connectivity index (χ1) is 9.45. The summed E-state index contributed by atoms with van der Waals surface area (Å²) in [6.07, 6.45) is 18.1. The van der Waals surface area contributed by atoms with E-state index in [4.69, 9.17) is 0 Å². The van der Waals surface area contributed by atoms with Crippen LogP contribution in [0.4, 0.5) is 0 Å². The molecule has 1 aromatic rings. The quantitative estimate of drug-likeness (QED) is 0.677. The van der Waals surface area contributed by atoms with E-state index in [2.05, 4.69) is 60.7 Å². The maximum Gasteiger partial charge on any atom is 0.160 e. The van der Waals surface area contributed by atoms with E-state index in [9.17, 15) is 0 Å². The van der Waals surface area contributed by atoms with Gasteiger partial charge in [-0.25, -0.2) is 0 Å². The minimum Gasteiger partial charge on any atom is -0.0792 e. The highest BCUT2D eigenvalue weighted by molar-refractivity contribution is 8.01. The molecule has 2 aliphatic rings. The third-order valence-electron chi connectivity index (χ3n) is 3.77. The van der Waals surface area contributed by atoms with Gasteiger partial charge in [-0.2, -0.15) is 0 Å². The van der Waals surface area contributed by atoms with Crippen LogP contribution in [0.3, 0.4) is 0 Å². The molecule has 0 nitrogen and oxygen atoms in total. The van der Waals surface area contributed by atoms with Gasteiger partial charge in [-0.1, -0.05) is 36.4 Å². The van der Waals surface area contributed by atoms with Gasteiger partial charge in [0.05, 0.1) is 10.9 Å². The highest BCUT2D eigenvalue weighted by Crippen LogP contribution is 2.35. The molecule has 0 saturated heterocycles. The van der Waals surface area contributed by atoms with E-state index < -0.39 is 0 Å². The van der Waals surface area contributed by atoms with Crippen molar-refractivity contribution >= 4 is 10.9 Å². The lowest BCUT2D eigenvalue weighted by molar-refractivity contribution is 0.721. The lowest BCUT2D eigenvalue weighted by Gasteiger charge is -2.20. The second-order valence-corrected chi connectivity index (χ2v) is 7.43. The van der Waals surface area contributed by atoms with Crippen molar-refractivity contribution < 1.29 is 0 Å². The van der Waals surface area contributed by atoms with Crippen molar-refractivity contribution in [3.05, 3.63) is 65.6 Å². The Bertz CT molecular complexity index is 496. The van der Waals surface area contributed by atoms with Gasteiger partial charge in [0.15, 0.2) is 10.1 Å². The molecule has 2 atom stereocenters. The minimum absolute atomic E-state index is 0.262. The van der Waals surface area contributed by atoms with Gasteiger partial charge in [0.2, 0.25) is 0 Å². The van der Waals surface area contributed by atoms with Crippen LogP contribution in [0.2, 0.25) is 0 Å². The van der Waals surface area contributed by atoms with Crippen molar-refractivity contribution in [1.29, 1.82) is 0 Å². The fourth-order valence-corrected chi connectivity index (χ4v) is 5.53. The zero-order chi connectivity index (χ0) is 12.9. The van der Waals surface area contributed by atoms with Gasteiger partial charge in [-0.05, 0) is 43.5 Å². The summed E-state index contributed by atoms with van der Waals surface area (Å²) >= 11 is 0. The molecule has 1 aromatic carbocycles. The lowest BCUT2D eigenvalue weighted by atomic mass is 10.1. The molecule has 19 heavy (non-hydrogen) atoms. The Morgan fingerprint density at radius 2 is 1.89 bits per heavy atom. The summed E-state index contributed by atoms with van der Waals surface area (Å²) in [5.41, 5.74) is 0. The van der Waals surface area contributed by atoms with Crippen LogP contribution in [0.5, 0.6) is 0 Å². The minimum atomic E-state index is 0.262. The van der Waals surface area contributed by atoms with Gasteiger partial charge in [0, 0.05) is 12.8 Å². The van der Waals surface area contributed by atoms with Crippen LogP contribution in [0.15, 0.2) is 70.5 Å². The van der Waals surface area contributed by atoms with E-state index in [1.54, 1.807) is 4.91 Å². The van der Waals surface area contributed by atoms with Crippen molar-refractivity contribution in [3.8, 4) is 0 Å². The first kappa shape index (κ1) is 12.8. The van der Waals surface area contributed by atoms with Crippen molar-refractivity contribution in [2.45, 2.75) is 42.2 Å². The summed E-state index contributed by atoms with van der Waals surface area (Å²) in [6.45, 7) is 0. The monoisotopic (exact) mass is 269 g/mol. The summed E-state index contributed by atoms with van der Waals surface area (Å²) < 4.78 is 0. The van der Waals surface area contributed by atoms with E-state index in [0.717, 1.165) is 0 Å². The van der Waals surface area contributed by atoms with Crippen LogP contribution >= 0.6 is 0 Å². The number of rotatable bonds is 3. The maximum absolute atomic E-state index is 2.52. The van der Waals surface area contributed by atoms with Crippen molar-refractivity contribution in [3.63, 3.8) is 0 Å². The van der Waals surface area contributed by atoms with Gasteiger partial charge < -0.3 is 0 Å². The molecule has 1 heteroatoms. The SMILES string of the molecule is C1=CCC([S+](C2=CCCCC2)c2ccccc2)C=C1. The summed E-state index contributed by atoms with van der Waals surface area (Å²) in [5, 5.41) is 0.664. The van der Waals surface area contributed by atoms with Crippen LogP contribution in [0.1, 0.15) is 32.1 Å². The molecule has 0 fully saturated rings. The number of allylic oxidation sites excluding steroid dienone is 5. The first-order valence-corrected chi connectivity index (χ1v) is 8.54. The molecule has 0 saturated carbocycles. The van der Waals surface area contributed by atoms with Crippen LogP contribution in [0.25, 0.3) is 0 Å². The number of hydrogen-bond donors (Lipinski definition) is 0. The average Bonchev–Trinajstić information content (AvgIpc) is 2.51. The van der Waals surface area contributed by atoms with Crippen LogP contribution in [-0.4, -0.2) is 5.25 Å². The molecular weight excluding hydrogens is 248 g/mol. The van der Waals surface area contributed by atoms with E-state index in [0.29, 0.717) is 5.25 Å². The van der Waals surface area contributed by atoms with Gasteiger partial charge in [0.25, 0.3) is 0 Å². The van der Waals surface area contributed by atoms with Gasteiger partial charge in [-0.15, -0.1) is 0 Å². The van der Waals surface area contributed by atoms with Crippen molar-refractivity contribution in [2.75, 3.05) is 0 Å². The molecule has 0 spiro atoms. The summed E-state index contributed by atoms with van der Waals surface area (Å²) in [7, 11) is 0.262. The summed E-state index contributed by atoms with van der Waals surface area (Å²) in [4.78, 5) is 3.21. The summed E-state index contributed by atoms with van der Waals surface area (Å²) in [6, 6.07) is 11.1. The van der Waals surface area contributed by atoms with Crippen LogP contribution in [-0.2, 0) is 10.9 Å². The van der Waals surface area contributed by atoms with Crippen molar-refractivity contribution in [2.24, 2.45) is 0 Å². The van der Waals surface area contributed by atoms with Crippen LogP contribution in [0, 0.1) is 0 Å². The summed E-state index contributed by atoms with van der Waals surface area (Å²) in [5.74, 6) is 0. The van der Waals surface area contributed by atoms with E-state index in [1.165, 1.54) is 37.0 Å². The highest BCUT2D eigenvalue weighted by Gasteiger charge is 2.35. The topological polar surface area (TPSA) is 0 Å². The smallest absolute Gasteiger partial charge is 0.0792 e. The molecule has 0 aromatic heterocycles.